The minimum Gasteiger partial charge on any atom is -0.480 e. The molecule has 2 saturated heterocycles. The number of hydrogen-bond acceptors (Lipinski definition) is 4. The predicted molar refractivity (Wildman–Crippen MR) is 84.7 cm³/mol. The van der Waals surface area contributed by atoms with Gasteiger partial charge >= 0.3 is 5.97 Å². The summed E-state index contributed by atoms with van der Waals surface area (Å²) in [6.45, 7) is 5.39. The molecule has 1 N–H and O–H groups in total. The van der Waals surface area contributed by atoms with Crippen molar-refractivity contribution in [3.05, 3.63) is 22.4 Å². The Morgan fingerprint density at radius 2 is 2.10 bits per heavy atom. The Labute approximate surface area is 130 Å². The van der Waals surface area contributed by atoms with Crippen LogP contribution >= 0.6 is 11.3 Å². The van der Waals surface area contributed by atoms with Crippen LogP contribution in [-0.4, -0.2) is 52.6 Å². The Bertz CT molecular complexity index is 469. The van der Waals surface area contributed by atoms with Crippen LogP contribution < -0.4 is 0 Å². The molecule has 2 fully saturated rings. The minimum absolute atomic E-state index is 0.240. The quantitative estimate of drug-likeness (QED) is 0.929. The molecule has 4 nitrogen and oxygen atoms in total. The average molecular weight is 308 g/mol. The Kier molecular flexibility index (Phi) is 4.62. The Morgan fingerprint density at radius 3 is 2.71 bits per heavy atom. The minimum atomic E-state index is -0.637. The number of aliphatic carboxylic acids is 1. The second-order valence-electron chi connectivity index (χ2n) is 6.19. The molecule has 116 valence electrons. The van der Waals surface area contributed by atoms with Crippen molar-refractivity contribution < 1.29 is 9.90 Å². The van der Waals surface area contributed by atoms with Crippen LogP contribution in [0.2, 0.25) is 0 Å². The van der Waals surface area contributed by atoms with E-state index in [1.54, 1.807) is 0 Å². The molecular formula is C16H24N2O2S. The van der Waals surface area contributed by atoms with Crippen molar-refractivity contribution in [2.45, 2.75) is 50.7 Å². The number of thiophene rings is 1. The smallest absolute Gasteiger partial charge is 0.320 e. The Balaban J connectivity index is 1.56. The Hall–Kier alpha value is -0.910. The average Bonchev–Trinajstić information content (AvgIpc) is 3.18. The van der Waals surface area contributed by atoms with Crippen LogP contribution in [0.25, 0.3) is 0 Å². The normalized spacial score (nSPS) is 27.0. The lowest BCUT2D eigenvalue weighted by Gasteiger charge is -2.40. The third kappa shape index (κ3) is 3.15. The number of nitrogens with zero attached hydrogens (tertiary/aromatic N) is 2. The number of carboxylic acids is 1. The third-order valence-corrected chi connectivity index (χ3v) is 6.09. The Morgan fingerprint density at radius 1 is 1.33 bits per heavy atom. The summed E-state index contributed by atoms with van der Waals surface area (Å²) in [6.07, 6.45) is 4.04. The van der Waals surface area contributed by atoms with E-state index >= 15 is 0 Å². The van der Waals surface area contributed by atoms with E-state index in [4.69, 9.17) is 0 Å². The maximum atomic E-state index is 11.3. The second-order valence-corrected chi connectivity index (χ2v) is 7.17. The molecule has 1 aromatic heterocycles. The fourth-order valence-electron chi connectivity index (χ4n) is 3.80. The fraction of sp³-hybridized carbons (Fsp3) is 0.688. The van der Waals surface area contributed by atoms with Crippen LogP contribution in [0.15, 0.2) is 17.5 Å². The molecule has 0 aromatic carbocycles. The summed E-state index contributed by atoms with van der Waals surface area (Å²) in [5.41, 5.74) is 0. The molecule has 21 heavy (non-hydrogen) atoms. The number of likely N-dealkylation sites (tertiary alicyclic amines) is 2. The van der Waals surface area contributed by atoms with Crippen LogP contribution in [0.5, 0.6) is 0 Å². The molecule has 3 heterocycles. The highest BCUT2D eigenvalue weighted by Gasteiger charge is 2.37. The van der Waals surface area contributed by atoms with Gasteiger partial charge in [0.25, 0.3) is 0 Å². The summed E-state index contributed by atoms with van der Waals surface area (Å²) in [5.74, 6) is -0.637. The summed E-state index contributed by atoms with van der Waals surface area (Å²) >= 11 is 1.83. The maximum absolute atomic E-state index is 11.3. The summed E-state index contributed by atoms with van der Waals surface area (Å²) in [7, 11) is 0. The molecule has 2 aliphatic rings. The van der Waals surface area contributed by atoms with Gasteiger partial charge in [-0.25, -0.2) is 0 Å². The van der Waals surface area contributed by atoms with Gasteiger partial charge in [0.05, 0.1) is 0 Å². The zero-order chi connectivity index (χ0) is 14.8. The lowest BCUT2D eigenvalue weighted by atomic mass is 10.0. The second kappa shape index (κ2) is 6.46. The largest absolute Gasteiger partial charge is 0.480 e. The van der Waals surface area contributed by atoms with E-state index in [2.05, 4.69) is 34.2 Å². The van der Waals surface area contributed by atoms with Crippen LogP contribution in [0.4, 0.5) is 0 Å². The first-order chi connectivity index (χ1) is 10.2. The van der Waals surface area contributed by atoms with Gasteiger partial charge in [0.1, 0.15) is 6.04 Å². The van der Waals surface area contributed by atoms with E-state index in [1.165, 1.54) is 4.88 Å². The molecule has 0 aliphatic carbocycles. The molecule has 1 aromatic rings. The van der Waals surface area contributed by atoms with Crippen molar-refractivity contribution >= 4 is 17.3 Å². The zero-order valence-corrected chi connectivity index (χ0v) is 13.4. The van der Waals surface area contributed by atoms with Crippen molar-refractivity contribution in [2.24, 2.45) is 0 Å². The van der Waals surface area contributed by atoms with E-state index in [1.807, 2.05) is 11.3 Å². The van der Waals surface area contributed by atoms with Gasteiger partial charge < -0.3 is 5.11 Å². The highest BCUT2D eigenvalue weighted by molar-refractivity contribution is 7.10. The predicted octanol–water partition coefficient (Wildman–Crippen LogP) is 2.82. The van der Waals surface area contributed by atoms with Crippen LogP contribution in [0, 0.1) is 0 Å². The number of rotatable bonds is 4. The van der Waals surface area contributed by atoms with E-state index in [9.17, 15) is 9.90 Å². The van der Waals surface area contributed by atoms with Crippen molar-refractivity contribution in [3.8, 4) is 0 Å². The highest BCUT2D eigenvalue weighted by atomic mass is 32.1. The number of carbonyl (C=O) groups is 1. The van der Waals surface area contributed by atoms with Gasteiger partial charge in [-0.3, -0.25) is 14.6 Å². The molecule has 0 bridgehead atoms. The van der Waals surface area contributed by atoms with Crippen molar-refractivity contribution in [1.29, 1.82) is 0 Å². The maximum Gasteiger partial charge on any atom is 0.320 e. The van der Waals surface area contributed by atoms with Gasteiger partial charge in [-0.2, -0.15) is 0 Å². The van der Waals surface area contributed by atoms with E-state index in [0.29, 0.717) is 12.1 Å². The molecule has 0 amide bonds. The molecule has 2 aliphatic heterocycles. The van der Waals surface area contributed by atoms with E-state index in [-0.39, 0.29) is 6.04 Å². The van der Waals surface area contributed by atoms with Gasteiger partial charge in [-0.1, -0.05) is 6.07 Å². The summed E-state index contributed by atoms with van der Waals surface area (Å²) in [4.78, 5) is 17.5. The highest BCUT2D eigenvalue weighted by Crippen LogP contribution is 2.31. The lowest BCUT2D eigenvalue weighted by molar-refractivity contribution is -0.143. The van der Waals surface area contributed by atoms with Crippen molar-refractivity contribution in [2.75, 3.05) is 19.6 Å². The third-order valence-electron chi connectivity index (χ3n) is 5.05. The fourth-order valence-corrected chi connectivity index (χ4v) is 4.62. The van der Waals surface area contributed by atoms with Gasteiger partial charge in [0, 0.05) is 30.1 Å². The lowest BCUT2D eigenvalue weighted by Crippen LogP contribution is -2.49. The van der Waals surface area contributed by atoms with Crippen LogP contribution in [-0.2, 0) is 4.79 Å². The first kappa shape index (κ1) is 15.0. The summed E-state index contributed by atoms with van der Waals surface area (Å²) < 4.78 is 0. The number of hydrogen-bond donors (Lipinski definition) is 1. The molecule has 0 radical (unpaired) electrons. The van der Waals surface area contributed by atoms with E-state index in [0.717, 1.165) is 45.3 Å². The van der Waals surface area contributed by atoms with Crippen molar-refractivity contribution in [1.82, 2.24) is 9.80 Å². The molecular weight excluding hydrogens is 284 g/mol. The number of piperidine rings is 1. The molecule has 3 rings (SSSR count). The zero-order valence-electron chi connectivity index (χ0n) is 12.6. The number of carboxylic acid groups (broad SMARTS) is 1. The first-order valence-corrected chi connectivity index (χ1v) is 8.81. The summed E-state index contributed by atoms with van der Waals surface area (Å²) in [5, 5.41) is 11.5. The van der Waals surface area contributed by atoms with Gasteiger partial charge in [-0.15, -0.1) is 11.3 Å². The molecule has 2 unspecified atom stereocenters. The standard InChI is InChI=1S/C16H24N2O2S/c1-12(15-5-3-11-21-15)17-9-6-13(7-10-17)18-8-2-4-14(18)16(19)20/h3,5,11-14H,2,4,6-10H2,1H3,(H,19,20). The molecule has 0 spiro atoms. The van der Waals surface area contributed by atoms with E-state index < -0.39 is 5.97 Å². The monoisotopic (exact) mass is 308 g/mol. The van der Waals surface area contributed by atoms with Crippen LogP contribution in [0.1, 0.15) is 43.5 Å². The molecule has 2 atom stereocenters. The van der Waals surface area contributed by atoms with Gasteiger partial charge in [-0.05, 0) is 50.6 Å². The van der Waals surface area contributed by atoms with Gasteiger partial charge in [0.2, 0.25) is 0 Å². The molecule has 5 heteroatoms. The SMILES string of the molecule is CC(c1cccs1)N1CCC(N2CCCC2C(=O)O)CC1. The van der Waals surface area contributed by atoms with Crippen LogP contribution in [0.3, 0.4) is 0 Å². The molecule has 0 saturated carbocycles. The topological polar surface area (TPSA) is 43.8 Å². The van der Waals surface area contributed by atoms with Gasteiger partial charge in [0.15, 0.2) is 0 Å². The van der Waals surface area contributed by atoms with Crippen molar-refractivity contribution in [3.63, 3.8) is 0 Å². The first-order valence-electron chi connectivity index (χ1n) is 7.93. The summed E-state index contributed by atoms with van der Waals surface area (Å²) in [6, 6.07) is 5.03.